The number of hydrogen-bond acceptors (Lipinski definition) is 9. The number of nitro groups is 2. The van der Waals surface area contributed by atoms with E-state index >= 15 is 0 Å². The first-order valence-corrected chi connectivity index (χ1v) is 3.10. The lowest BCUT2D eigenvalue weighted by molar-refractivity contribution is -0.805. The second-order valence-electron chi connectivity index (χ2n) is 2.04. The van der Waals surface area contributed by atoms with Crippen LogP contribution in [0.5, 0.6) is 0 Å². The first-order valence-electron chi connectivity index (χ1n) is 3.10. The van der Waals surface area contributed by atoms with E-state index in [0.717, 1.165) is 0 Å². The maximum atomic E-state index is 10.7. The second kappa shape index (κ2) is 3.52. The summed E-state index contributed by atoms with van der Waals surface area (Å²) in [6.07, 6.45) is 0. The smallest absolute Gasteiger partial charge is 0.359 e. The molecule has 0 aliphatic heterocycles. The molecule has 12 heteroatoms. The first-order chi connectivity index (χ1) is 6.99. The van der Waals surface area contributed by atoms with Crippen LogP contribution in [0.15, 0.2) is 9.78 Å². The van der Waals surface area contributed by atoms with Crippen molar-refractivity contribution in [3.05, 3.63) is 31.1 Å². The molecule has 0 bridgehead atoms. The van der Waals surface area contributed by atoms with Crippen LogP contribution in [0.2, 0.25) is 0 Å². The van der Waals surface area contributed by atoms with Gasteiger partial charge in [-0.25, -0.2) is 0 Å². The molecule has 0 aromatic carbocycles. The quantitative estimate of drug-likeness (QED) is 0.158. The Hall–Kier alpha value is -2.79. The van der Waals surface area contributed by atoms with Gasteiger partial charge in [0.1, 0.15) is 0 Å². The van der Waals surface area contributed by atoms with Crippen molar-refractivity contribution in [2.45, 2.75) is 0 Å². The minimum absolute atomic E-state index is 0.601. The maximum absolute atomic E-state index is 10.7. The minimum Gasteiger partial charge on any atom is -0.359 e. The molecule has 0 atom stereocenters. The lowest BCUT2D eigenvalue weighted by Gasteiger charge is -1.92. The molecule has 0 saturated heterocycles. The summed E-state index contributed by atoms with van der Waals surface area (Å²) in [7, 11) is 0. The third-order valence-electron chi connectivity index (χ3n) is 1.25. The van der Waals surface area contributed by atoms with E-state index in [4.69, 9.17) is 5.21 Å². The van der Waals surface area contributed by atoms with Gasteiger partial charge in [0.05, 0.1) is 5.16 Å². The number of oxime groups is 1. The molecule has 0 amide bonds. The van der Waals surface area contributed by atoms with Gasteiger partial charge >= 0.3 is 17.3 Å². The molecule has 0 spiro atoms. The van der Waals surface area contributed by atoms with E-state index in [9.17, 15) is 25.4 Å². The van der Waals surface area contributed by atoms with Crippen molar-refractivity contribution < 1.29 is 24.6 Å². The molecule has 0 aliphatic rings. The maximum Gasteiger partial charge on any atom is 0.469 e. The van der Waals surface area contributed by atoms with Crippen LogP contribution < -0.4 is 4.90 Å². The fraction of sp³-hybridized carbons (Fsp3) is 0. The lowest BCUT2D eigenvalue weighted by atomic mass is 10.4. The van der Waals surface area contributed by atoms with Gasteiger partial charge in [-0.1, -0.05) is 0 Å². The summed E-state index contributed by atoms with van der Waals surface area (Å²) in [5, 5.41) is 44.2. The molecule has 1 aromatic heterocycles. The highest BCUT2D eigenvalue weighted by Gasteiger charge is 2.38. The van der Waals surface area contributed by atoms with Gasteiger partial charge in [0.15, 0.2) is 5.16 Å². The van der Waals surface area contributed by atoms with E-state index in [1.165, 1.54) is 0 Å². The lowest BCUT2D eigenvalue weighted by Crippen LogP contribution is -2.34. The predicted octanol–water partition coefficient (Wildman–Crippen LogP) is -1.37. The monoisotopic (exact) mass is 219 g/mol. The minimum atomic E-state index is -1.43. The number of hydrogen-bond donors (Lipinski definition) is 1. The van der Waals surface area contributed by atoms with Crippen molar-refractivity contribution >= 4 is 11.7 Å². The molecule has 1 N–H and O–H groups in total. The highest BCUT2D eigenvalue weighted by molar-refractivity contribution is 5.91. The van der Waals surface area contributed by atoms with Crippen LogP contribution in [-0.4, -0.2) is 26.0 Å². The summed E-state index contributed by atoms with van der Waals surface area (Å²) in [4.78, 5) is 17.4. The summed E-state index contributed by atoms with van der Waals surface area (Å²) in [6.45, 7) is 0. The molecule has 0 fully saturated rings. The zero-order valence-corrected chi connectivity index (χ0v) is 6.63. The zero-order valence-electron chi connectivity index (χ0n) is 6.63. The highest BCUT2D eigenvalue weighted by atomic mass is 16.8. The van der Waals surface area contributed by atoms with Gasteiger partial charge in [-0.05, 0) is 14.7 Å². The van der Waals surface area contributed by atoms with E-state index in [0.29, 0.717) is 0 Å². The Morgan fingerprint density at radius 2 is 2.13 bits per heavy atom. The van der Waals surface area contributed by atoms with Crippen LogP contribution in [-0.2, 0) is 0 Å². The van der Waals surface area contributed by atoms with E-state index in [1.807, 2.05) is 0 Å². The molecule has 1 heterocycles. The summed E-state index contributed by atoms with van der Waals surface area (Å²) in [5.74, 6) is -2.65. The molecule has 15 heavy (non-hydrogen) atoms. The molecule has 80 valence electrons. The summed E-state index contributed by atoms with van der Waals surface area (Å²) < 4.78 is 3.76. The molecule has 12 nitrogen and oxygen atoms in total. The standard InChI is InChI=1S/C3HN5O7/c9-4-2(6(10)11)1-3(7(12)13)5-15-8(1)14/h9H. The Morgan fingerprint density at radius 3 is 2.53 bits per heavy atom. The van der Waals surface area contributed by atoms with Gasteiger partial charge in [0, 0.05) is 0 Å². The fourth-order valence-corrected chi connectivity index (χ4v) is 0.713. The Labute approximate surface area is 78.8 Å². The average Bonchev–Trinajstić information content (AvgIpc) is 2.49. The molecular formula is C3HN5O7. The van der Waals surface area contributed by atoms with Gasteiger partial charge in [0.25, 0.3) is 0 Å². The van der Waals surface area contributed by atoms with E-state index in [1.54, 1.807) is 0 Å². The van der Waals surface area contributed by atoms with Crippen LogP contribution in [0, 0.1) is 25.4 Å². The number of nitrogens with zero attached hydrogens (tertiary/aromatic N) is 5. The van der Waals surface area contributed by atoms with Crippen molar-refractivity contribution in [3.63, 3.8) is 0 Å². The highest BCUT2D eigenvalue weighted by Crippen LogP contribution is 2.11. The number of aromatic nitrogens is 2. The van der Waals surface area contributed by atoms with Crippen molar-refractivity contribution in [2.24, 2.45) is 5.16 Å². The Kier molecular flexibility index (Phi) is 2.42. The summed E-state index contributed by atoms with van der Waals surface area (Å²) >= 11 is 0. The van der Waals surface area contributed by atoms with Crippen molar-refractivity contribution in [3.8, 4) is 0 Å². The fourth-order valence-electron chi connectivity index (χ4n) is 0.713. The van der Waals surface area contributed by atoms with Crippen molar-refractivity contribution in [1.29, 1.82) is 0 Å². The average molecular weight is 219 g/mol. The molecule has 0 radical (unpaired) electrons. The number of amidine groups is 1. The SMILES string of the molecule is O=[N+]([O-])C(=NO)c1c([N+](=O)[O-])no[n+]1[O-]. The Bertz CT molecular complexity index is 447. The first kappa shape index (κ1) is 10.3. The van der Waals surface area contributed by atoms with Crippen LogP contribution in [0.4, 0.5) is 5.82 Å². The summed E-state index contributed by atoms with van der Waals surface area (Å²) in [5.41, 5.74) is -1.19. The third-order valence-corrected chi connectivity index (χ3v) is 1.25. The normalized spacial score (nSPS) is 11.3. The topological polar surface area (TPSA) is 172 Å². The van der Waals surface area contributed by atoms with Crippen molar-refractivity contribution in [1.82, 2.24) is 5.16 Å². The van der Waals surface area contributed by atoms with E-state index in [2.05, 4.69) is 14.9 Å². The van der Waals surface area contributed by atoms with Crippen molar-refractivity contribution in [2.75, 3.05) is 0 Å². The third kappa shape index (κ3) is 1.62. The molecular weight excluding hydrogens is 218 g/mol. The van der Waals surface area contributed by atoms with Crippen LogP contribution in [0.3, 0.4) is 0 Å². The molecule has 0 aliphatic carbocycles. The molecule has 1 aromatic rings. The summed E-state index contributed by atoms with van der Waals surface area (Å²) in [6, 6.07) is 0. The number of rotatable bonds is 2. The van der Waals surface area contributed by atoms with Gasteiger partial charge in [-0.15, -0.1) is 0 Å². The van der Waals surface area contributed by atoms with Gasteiger partial charge < -0.3 is 30.6 Å². The molecule has 0 saturated carbocycles. The van der Waals surface area contributed by atoms with E-state index in [-0.39, 0.29) is 0 Å². The zero-order chi connectivity index (χ0) is 11.6. The second-order valence-corrected chi connectivity index (χ2v) is 2.04. The van der Waals surface area contributed by atoms with E-state index < -0.39 is 32.1 Å². The molecule has 0 unspecified atom stereocenters. The van der Waals surface area contributed by atoms with Crippen LogP contribution >= 0.6 is 0 Å². The predicted molar refractivity (Wildman–Crippen MR) is 37.4 cm³/mol. The van der Waals surface area contributed by atoms with Crippen LogP contribution in [0.1, 0.15) is 5.69 Å². The Morgan fingerprint density at radius 1 is 1.53 bits per heavy atom. The van der Waals surface area contributed by atoms with Crippen LogP contribution in [0.25, 0.3) is 0 Å². The molecule has 1 rings (SSSR count). The van der Waals surface area contributed by atoms with Gasteiger partial charge in [-0.3, -0.25) is 4.63 Å². The van der Waals surface area contributed by atoms with Gasteiger partial charge in [0.2, 0.25) is 0 Å². The Balaban J connectivity index is 3.41. The largest absolute Gasteiger partial charge is 0.469 e. The van der Waals surface area contributed by atoms with Gasteiger partial charge in [-0.2, -0.15) is 0 Å².